The van der Waals surface area contributed by atoms with E-state index in [-0.39, 0.29) is 10.6 Å². The van der Waals surface area contributed by atoms with Crippen LogP contribution >= 0.6 is 23.2 Å². The number of hydrogen-bond acceptors (Lipinski definition) is 5. The number of nitrogens with two attached hydrogens (primary N) is 2. The Balaban J connectivity index is 2.15. The maximum Gasteiger partial charge on any atom is 0.267 e. The molecule has 6 N–H and O–H groups in total. The molecule has 122 valence electrons. The van der Waals surface area contributed by atoms with E-state index in [1.807, 2.05) is 0 Å². The molecule has 2 aromatic carbocycles. The Morgan fingerprint density at radius 2 is 1.58 bits per heavy atom. The van der Waals surface area contributed by atoms with Crippen LogP contribution in [0.3, 0.4) is 0 Å². The predicted molar refractivity (Wildman–Crippen MR) is 97.7 cm³/mol. The molecule has 0 aromatic heterocycles. The second-order valence-electron chi connectivity index (χ2n) is 4.75. The molecule has 0 bridgehead atoms. The second kappa shape index (κ2) is 7.59. The SMILES string of the molecule is N#C/C(=C/Nc1ccc(N)cc1Cl)C(=O)Nc1ccc(N)cc1Cl. The van der Waals surface area contributed by atoms with Crippen molar-refractivity contribution in [2.45, 2.75) is 0 Å². The summed E-state index contributed by atoms with van der Waals surface area (Å²) >= 11 is 12.0. The van der Waals surface area contributed by atoms with Crippen LogP contribution in [0.2, 0.25) is 10.0 Å². The zero-order valence-corrected chi connectivity index (χ0v) is 13.8. The summed E-state index contributed by atoms with van der Waals surface area (Å²) in [6.07, 6.45) is 1.25. The lowest BCUT2D eigenvalue weighted by Crippen LogP contribution is -2.15. The molecule has 0 aliphatic heterocycles. The number of halogens is 2. The van der Waals surface area contributed by atoms with Gasteiger partial charge in [-0.05, 0) is 36.4 Å². The first-order valence-electron chi connectivity index (χ1n) is 6.69. The Morgan fingerprint density at radius 1 is 1.04 bits per heavy atom. The van der Waals surface area contributed by atoms with Crippen LogP contribution in [0.15, 0.2) is 48.2 Å². The topological polar surface area (TPSA) is 117 Å². The van der Waals surface area contributed by atoms with E-state index >= 15 is 0 Å². The number of nitriles is 1. The standard InChI is InChI=1S/C16H13Cl2N5O/c17-12-5-10(20)1-3-14(12)22-8-9(7-19)16(24)23-15-4-2-11(21)6-13(15)18/h1-6,8,22H,20-21H2,(H,23,24)/b9-8-. The lowest BCUT2D eigenvalue weighted by Gasteiger charge is -2.08. The van der Waals surface area contributed by atoms with Crippen LogP contribution in [-0.4, -0.2) is 5.91 Å². The van der Waals surface area contributed by atoms with E-state index in [0.717, 1.165) is 0 Å². The van der Waals surface area contributed by atoms with E-state index < -0.39 is 5.91 Å². The van der Waals surface area contributed by atoms with Gasteiger partial charge in [-0.15, -0.1) is 0 Å². The molecule has 1 amide bonds. The number of anilines is 4. The number of amides is 1. The largest absolute Gasteiger partial charge is 0.399 e. The molecular formula is C16H13Cl2N5O. The van der Waals surface area contributed by atoms with E-state index in [1.165, 1.54) is 12.3 Å². The van der Waals surface area contributed by atoms with Crippen molar-refractivity contribution < 1.29 is 4.79 Å². The van der Waals surface area contributed by atoms with Gasteiger partial charge in [-0.1, -0.05) is 23.2 Å². The molecule has 24 heavy (non-hydrogen) atoms. The second-order valence-corrected chi connectivity index (χ2v) is 5.56. The molecule has 6 nitrogen and oxygen atoms in total. The van der Waals surface area contributed by atoms with Crippen LogP contribution < -0.4 is 22.1 Å². The molecule has 8 heteroatoms. The number of carbonyl (C=O) groups excluding carboxylic acids is 1. The van der Waals surface area contributed by atoms with Crippen LogP contribution in [0.5, 0.6) is 0 Å². The molecule has 2 rings (SSSR count). The fourth-order valence-corrected chi connectivity index (χ4v) is 2.25. The highest BCUT2D eigenvalue weighted by molar-refractivity contribution is 6.34. The summed E-state index contributed by atoms with van der Waals surface area (Å²) in [5.41, 5.74) is 12.9. The fraction of sp³-hybridized carbons (Fsp3) is 0. The van der Waals surface area contributed by atoms with Gasteiger partial charge in [0.2, 0.25) is 0 Å². The van der Waals surface area contributed by atoms with Gasteiger partial charge in [-0.2, -0.15) is 5.26 Å². The molecule has 0 aliphatic rings. The number of rotatable bonds is 4. The highest BCUT2D eigenvalue weighted by atomic mass is 35.5. The highest BCUT2D eigenvalue weighted by Gasteiger charge is 2.12. The molecule has 0 saturated heterocycles. The van der Waals surface area contributed by atoms with Crippen molar-refractivity contribution in [2.75, 3.05) is 22.1 Å². The maximum atomic E-state index is 12.2. The fourth-order valence-electron chi connectivity index (χ4n) is 1.77. The first-order chi connectivity index (χ1) is 11.4. The van der Waals surface area contributed by atoms with Gasteiger partial charge >= 0.3 is 0 Å². The average Bonchev–Trinajstić information content (AvgIpc) is 2.52. The quantitative estimate of drug-likeness (QED) is 0.377. The summed E-state index contributed by atoms with van der Waals surface area (Å²) < 4.78 is 0. The van der Waals surface area contributed by atoms with Gasteiger partial charge in [0.1, 0.15) is 11.6 Å². The molecule has 0 atom stereocenters. The van der Waals surface area contributed by atoms with Crippen LogP contribution in [0.25, 0.3) is 0 Å². The van der Waals surface area contributed by atoms with E-state index in [1.54, 1.807) is 36.4 Å². The van der Waals surface area contributed by atoms with Crippen LogP contribution in [0.1, 0.15) is 0 Å². The summed E-state index contributed by atoms with van der Waals surface area (Å²) in [5.74, 6) is -0.622. The Hall–Kier alpha value is -2.88. The smallest absolute Gasteiger partial charge is 0.267 e. The van der Waals surface area contributed by atoms with Crippen molar-refractivity contribution in [1.82, 2.24) is 0 Å². The van der Waals surface area contributed by atoms with Gasteiger partial charge in [0.05, 0.1) is 21.4 Å². The lowest BCUT2D eigenvalue weighted by atomic mass is 10.2. The molecule has 0 unspecified atom stereocenters. The Kier molecular flexibility index (Phi) is 5.53. The third kappa shape index (κ3) is 4.32. The molecule has 2 aromatic rings. The average molecular weight is 362 g/mol. The normalized spacial score (nSPS) is 10.8. The van der Waals surface area contributed by atoms with E-state index in [2.05, 4.69) is 10.6 Å². The summed E-state index contributed by atoms with van der Waals surface area (Å²) in [7, 11) is 0. The summed E-state index contributed by atoms with van der Waals surface area (Å²) in [6, 6.07) is 11.3. The molecule has 0 radical (unpaired) electrons. The van der Waals surface area contributed by atoms with Crippen LogP contribution in [-0.2, 0) is 4.79 Å². The van der Waals surface area contributed by atoms with Crippen molar-refractivity contribution in [1.29, 1.82) is 5.26 Å². The van der Waals surface area contributed by atoms with Crippen molar-refractivity contribution in [3.05, 3.63) is 58.2 Å². The first kappa shape index (κ1) is 17.5. The maximum absolute atomic E-state index is 12.2. The number of nitrogens with zero attached hydrogens (tertiary/aromatic N) is 1. The van der Waals surface area contributed by atoms with Gasteiger partial charge < -0.3 is 22.1 Å². The predicted octanol–water partition coefficient (Wildman–Crippen LogP) is 3.62. The Labute approximate surface area is 148 Å². The van der Waals surface area contributed by atoms with Gasteiger partial charge in [0, 0.05) is 17.6 Å². The van der Waals surface area contributed by atoms with Gasteiger partial charge in [0.25, 0.3) is 5.91 Å². The zero-order valence-electron chi connectivity index (χ0n) is 12.3. The molecule has 0 spiro atoms. The number of nitrogen functional groups attached to an aromatic ring is 2. The minimum absolute atomic E-state index is 0.157. The number of hydrogen-bond donors (Lipinski definition) is 4. The van der Waals surface area contributed by atoms with Crippen LogP contribution in [0, 0.1) is 11.3 Å². The van der Waals surface area contributed by atoms with E-state index in [0.29, 0.717) is 27.8 Å². The van der Waals surface area contributed by atoms with Crippen LogP contribution in [0.4, 0.5) is 22.7 Å². The Morgan fingerprint density at radius 3 is 2.08 bits per heavy atom. The van der Waals surface area contributed by atoms with Gasteiger partial charge in [-0.3, -0.25) is 4.79 Å². The molecule has 0 saturated carbocycles. The summed E-state index contributed by atoms with van der Waals surface area (Å²) in [5, 5.41) is 15.1. The summed E-state index contributed by atoms with van der Waals surface area (Å²) in [4.78, 5) is 12.2. The van der Waals surface area contributed by atoms with Crippen molar-refractivity contribution in [3.8, 4) is 6.07 Å². The lowest BCUT2D eigenvalue weighted by molar-refractivity contribution is -0.112. The minimum atomic E-state index is -0.622. The van der Waals surface area contributed by atoms with Crippen molar-refractivity contribution in [3.63, 3.8) is 0 Å². The number of benzene rings is 2. The molecular weight excluding hydrogens is 349 g/mol. The minimum Gasteiger partial charge on any atom is -0.399 e. The van der Waals surface area contributed by atoms with Crippen molar-refractivity contribution in [2.24, 2.45) is 0 Å². The molecule has 0 aliphatic carbocycles. The number of nitrogens with one attached hydrogen (secondary N) is 2. The van der Waals surface area contributed by atoms with E-state index in [4.69, 9.17) is 39.9 Å². The van der Waals surface area contributed by atoms with Crippen molar-refractivity contribution >= 4 is 51.9 Å². The Bertz CT molecular complexity index is 858. The van der Waals surface area contributed by atoms with Gasteiger partial charge in [0.15, 0.2) is 0 Å². The zero-order chi connectivity index (χ0) is 17.7. The highest BCUT2D eigenvalue weighted by Crippen LogP contribution is 2.25. The third-order valence-electron chi connectivity index (χ3n) is 2.97. The first-order valence-corrected chi connectivity index (χ1v) is 7.44. The van der Waals surface area contributed by atoms with E-state index in [9.17, 15) is 4.79 Å². The summed E-state index contributed by atoms with van der Waals surface area (Å²) in [6.45, 7) is 0. The molecule has 0 heterocycles. The van der Waals surface area contributed by atoms with Gasteiger partial charge in [-0.25, -0.2) is 0 Å². The monoisotopic (exact) mass is 361 g/mol. The molecule has 0 fully saturated rings. The number of carbonyl (C=O) groups is 1. The third-order valence-corrected chi connectivity index (χ3v) is 3.60.